The Morgan fingerprint density at radius 3 is 2.71 bits per heavy atom. The highest BCUT2D eigenvalue weighted by Crippen LogP contribution is 2.24. The normalized spacial score (nSPS) is 18.9. The molecule has 3 rings (SSSR count). The first kappa shape index (κ1) is 19.9. The molecule has 0 saturated carbocycles. The summed E-state index contributed by atoms with van der Waals surface area (Å²) in [5, 5.41) is 7.11. The maximum Gasteiger partial charge on any atom is 0.275 e. The fourth-order valence-corrected chi connectivity index (χ4v) is 3.24. The molecule has 1 N–H and O–H groups in total. The van der Waals surface area contributed by atoms with Crippen LogP contribution in [-0.4, -0.2) is 65.4 Å². The number of carbonyl (C=O) groups excluding carboxylic acids is 2. The standard InChI is InChI=1S/C20H26N4O4/c1-3-23-11-9-17(22-23)20(26)24-14-16(28-15-7-5-4-6-8-15)13-18(24)19(25)21-10-12-27-2/h4-9,11,16,18H,3,10,12-14H2,1-2H3,(H,21,25)/t16-,18+/m0/s1. The van der Waals surface area contributed by atoms with E-state index in [1.807, 2.05) is 37.3 Å². The van der Waals surface area contributed by atoms with Crippen molar-refractivity contribution in [2.45, 2.75) is 32.0 Å². The molecule has 0 aliphatic carbocycles. The van der Waals surface area contributed by atoms with Crippen molar-refractivity contribution in [1.29, 1.82) is 0 Å². The van der Waals surface area contributed by atoms with Gasteiger partial charge in [0, 0.05) is 32.8 Å². The number of para-hydroxylation sites is 1. The number of likely N-dealkylation sites (tertiary alicyclic amines) is 1. The molecule has 2 atom stereocenters. The second-order valence-electron chi connectivity index (χ2n) is 6.60. The van der Waals surface area contributed by atoms with Gasteiger partial charge >= 0.3 is 0 Å². The summed E-state index contributed by atoms with van der Waals surface area (Å²) in [6.07, 6.45) is 1.92. The molecule has 2 heterocycles. The molecule has 1 aromatic heterocycles. The predicted octanol–water partition coefficient (Wildman–Crippen LogP) is 1.33. The van der Waals surface area contributed by atoms with Crippen molar-refractivity contribution < 1.29 is 19.1 Å². The lowest BCUT2D eigenvalue weighted by molar-refractivity contribution is -0.125. The Labute approximate surface area is 164 Å². The Hall–Kier alpha value is -2.87. The Kier molecular flexibility index (Phi) is 6.65. The molecule has 1 aromatic carbocycles. The molecule has 0 bridgehead atoms. The fourth-order valence-electron chi connectivity index (χ4n) is 3.24. The van der Waals surface area contributed by atoms with Crippen molar-refractivity contribution in [1.82, 2.24) is 20.0 Å². The van der Waals surface area contributed by atoms with Crippen LogP contribution in [0.25, 0.3) is 0 Å². The number of benzene rings is 1. The molecule has 0 unspecified atom stereocenters. The van der Waals surface area contributed by atoms with Gasteiger partial charge in [-0.1, -0.05) is 18.2 Å². The number of hydrogen-bond donors (Lipinski definition) is 1. The fraction of sp³-hybridized carbons (Fsp3) is 0.450. The molecule has 2 aromatic rings. The van der Waals surface area contributed by atoms with Gasteiger partial charge in [0.1, 0.15) is 23.6 Å². The lowest BCUT2D eigenvalue weighted by atomic mass is 10.1. The molecule has 150 valence electrons. The van der Waals surface area contributed by atoms with Crippen molar-refractivity contribution in [2.24, 2.45) is 0 Å². The Morgan fingerprint density at radius 1 is 1.25 bits per heavy atom. The molecule has 1 fully saturated rings. The Morgan fingerprint density at radius 2 is 2.04 bits per heavy atom. The van der Waals surface area contributed by atoms with E-state index < -0.39 is 6.04 Å². The van der Waals surface area contributed by atoms with E-state index in [0.717, 1.165) is 5.75 Å². The number of nitrogens with zero attached hydrogens (tertiary/aromatic N) is 3. The quantitative estimate of drug-likeness (QED) is 0.692. The number of nitrogens with one attached hydrogen (secondary N) is 1. The molecule has 8 heteroatoms. The number of aromatic nitrogens is 2. The van der Waals surface area contributed by atoms with Crippen LogP contribution in [0, 0.1) is 0 Å². The molecule has 0 spiro atoms. The van der Waals surface area contributed by atoms with E-state index >= 15 is 0 Å². The van der Waals surface area contributed by atoms with Crippen LogP contribution in [0.1, 0.15) is 23.8 Å². The van der Waals surface area contributed by atoms with Gasteiger partial charge in [0.25, 0.3) is 5.91 Å². The highest BCUT2D eigenvalue weighted by molar-refractivity contribution is 5.96. The summed E-state index contributed by atoms with van der Waals surface area (Å²) in [6, 6.07) is 10.5. The highest BCUT2D eigenvalue weighted by atomic mass is 16.5. The van der Waals surface area contributed by atoms with Gasteiger partial charge in [0.15, 0.2) is 0 Å². The monoisotopic (exact) mass is 386 g/mol. The number of methoxy groups -OCH3 is 1. The largest absolute Gasteiger partial charge is 0.488 e. The predicted molar refractivity (Wildman–Crippen MR) is 103 cm³/mol. The van der Waals surface area contributed by atoms with E-state index in [1.165, 1.54) is 0 Å². The smallest absolute Gasteiger partial charge is 0.275 e. The topological polar surface area (TPSA) is 85.7 Å². The van der Waals surface area contributed by atoms with Crippen LogP contribution in [0.2, 0.25) is 0 Å². The van der Waals surface area contributed by atoms with E-state index in [-0.39, 0.29) is 17.9 Å². The summed E-state index contributed by atoms with van der Waals surface area (Å²) in [7, 11) is 1.57. The van der Waals surface area contributed by atoms with Gasteiger partial charge in [-0.05, 0) is 25.1 Å². The molecular weight excluding hydrogens is 360 g/mol. The second kappa shape index (κ2) is 9.36. The minimum Gasteiger partial charge on any atom is -0.488 e. The minimum atomic E-state index is -0.607. The summed E-state index contributed by atoms with van der Waals surface area (Å²) >= 11 is 0. The maximum atomic E-state index is 13.0. The van der Waals surface area contributed by atoms with Gasteiger partial charge in [-0.3, -0.25) is 14.3 Å². The van der Waals surface area contributed by atoms with E-state index in [9.17, 15) is 9.59 Å². The van der Waals surface area contributed by atoms with Gasteiger partial charge in [-0.2, -0.15) is 5.10 Å². The molecular formula is C20H26N4O4. The van der Waals surface area contributed by atoms with E-state index in [1.54, 1.807) is 29.0 Å². The Balaban J connectivity index is 1.74. The van der Waals surface area contributed by atoms with Crippen molar-refractivity contribution in [3.05, 3.63) is 48.3 Å². The van der Waals surface area contributed by atoms with Crippen molar-refractivity contribution in [2.75, 3.05) is 26.8 Å². The van der Waals surface area contributed by atoms with Crippen LogP contribution >= 0.6 is 0 Å². The van der Waals surface area contributed by atoms with Gasteiger partial charge in [-0.15, -0.1) is 0 Å². The zero-order chi connectivity index (χ0) is 19.9. The minimum absolute atomic E-state index is 0.209. The molecule has 2 amide bonds. The number of amides is 2. The summed E-state index contributed by atoms with van der Waals surface area (Å²) < 4.78 is 12.7. The third-order valence-corrected chi connectivity index (χ3v) is 4.66. The average Bonchev–Trinajstić information content (AvgIpc) is 3.35. The van der Waals surface area contributed by atoms with Gasteiger partial charge in [0.05, 0.1) is 13.2 Å². The summed E-state index contributed by atoms with van der Waals surface area (Å²) in [5.74, 6) is 0.244. The summed E-state index contributed by atoms with van der Waals surface area (Å²) in [6.45, 7) is 3.76. The first-order valence-corrected chi connectivity index (χ1v) is 9.45. The highest BCUT2D eigenvalue weighted by Gasteiger charge is 2.41. The second-order valence-corrected chi connectivity index (χ2v) is 6.60. The van der Waals surface area contributed by atoms with Crippen LogP contribution in [0.15, 0.2) is 42.6 Å². The van der Waals surface area contributed by atoms with E-state index in [2.05, 4.69) is 10.4 Å². The third kappa shape index (κ3) is 4.69. The summed E-state index contributed by atoms with van der Waals surface area (Å²) in [4.78, 5) is 27.2. The zero-order valence-corrected chi connectivity index (χ0v) is 16.2. The molecule has 1 aliphatic rings. The lowest BCUT2D eigenvalue weighted by Crippen LogP contribution is -2.46. The zero-order valence-electron chi connectivity index (χ0n) is 16.2. The third-order valence-electron chi connectivity index (χ3n) is 4.66. The van der Waals surface area contributed by atoms with E-state index in [4.69, 9.17) is 9.47 Å². The number of ether oxygens (including phenoxy) is 2. The number of aryl methyl sites for hydroxylation is 1. The van der Waals surface area contributed by atoms with Crippen LogP contribution < -0.4 is 10.1 Å². The first-order valence-electron chi connectivity index (χ1n) is 9.45. The van der Waals surface area contributed by atoms with E-state index in [0.29, 0.717) is 38.4 Å². The van der Waals surface area contributed by atoms with Crippen molar-refractivity contribution in [3.63, 3.8) is 0 Å². The molecule has 1 saturated heterocycles. The van der Waals surface area contributed by atoms with Crippen LogP contribution in [0.5, 0.6) is 5.75 Å². The number of hydrogen-bond acceptors (Lipinski definition) is 5. The SMILES string of the molecule is CCn1ccc(C(=O)N2C[C@@H](Oc3ccccc3)C[C@@H]2C(=O)NCCOC)n1. The molecule has 8 nitrogen and oxygen atoms in total. The number of rotatable bonds is 8. The van der Waals surface area contributed by atoms with Crippen LogP contribution in [-0.2, 0) is 16.1 Å². The Bertz CT molecular complexity index is 793. The average molecular weight is 386 g/mol. The molecule has 0 radical (unpaired) electrons. The lowest BCUT2D eigenvalue weighted by Gasteiger charge is -2.22. The van der Waals surface area contributed by atoms with Gasteiger partial charge in [-0.25, -0.2) is 0 Å². The maximum absolute atomic E-state index is 13.0. The van der Waals surface area contributed by atoms with Crippen molar-refractivity contribution in [3.8, 4) is 5.75 Å². The van der Waals surface area contributed by atoms with Gasteiger partial charge in [0.2, 0.25) is 5.91 Å². The first-order chi connectivity index (χ1) is 13.6. The van der Waals surface area contributed by atoms with Gasteiger partial charge < -0.3 is 19.7 Å². The summed E-state index contributed by atoms with van der Waals surface area (Å²) in [5.41, 5.74) is 0.330. The number of carbonyl (C=O) groups is 2. The van der Waals surface area contributed by atoms with Crippen LogP contribution in [0.3, 0.4) is 0 Å². The molecule has 1 aliphatic heterocycles. The van der Waals surface area contributed by atoms with Crippen molar-refractivity contribution >= 4 is 11.8 Å². The van der Waals surface area contributed by atoms with Crippen LogP contribution in [0.4, 0.5) is 0 Å². The molecule has 28 heavy (non-hydrogen) atoms.